The van der Waals surface area contributed by atoms with Gasteiger partial charge in [0.25, 0.3) is 0 Å². The second-order valence-corrected chi connectivity index (χ2v) is 8.07. The first kappa shape index (κ1) is 19.7. The zero-order valence-electron chi connectivity index (χ0n) is 16.0. The molecule has 0 bridgehead atoms. The maximum Gasteiger partial charge on any atom is 0.306 e. The first-order valence-corrected chi connectivity index (χ1v) is 9.60. The van der Waals surface area contributed by atoms with Gasteiger partial charge in [0.1, 0.15) is 11.9 Å². The fraction of sp³-hybridized carbons (Fsp3) is 0.636. The highest BCUT2D eigenvalue weighted by molar-refractivity contribution is 5.78. The van der Waals surface area contributed by atoms with Crippen molar-refractivity contribution in [1.82, 2.24) is 0 Å². The maximum atomic E-state index is 12.6. The fourth-order valence-corrected chi connectivity index (χ4v) is 4.05. The molecule has 3 nitrogen and oxygen atoms in total. The van der Waals surface area contributed by atoms with Crippen molar-refractivity contribution in [2.45, 2.75) is 71.8 Å². The zero-order valence-corrected chi connectivity index (χ0v) is 16.0. The third-order valence-electron chi connectivity index (χ3n) is 5.46. The molecular weight excluding hydrogens is 312 g/mol. The Hall–Kier alpha value is -1.64. The number of rotatable bonds is 7. The summed E-state index contributed by atoms with van der Waals surface area (Å²) >= 11 is 0. The van der Waals surface area contributed by atoms with Gasteiger partial charge in [-0.2, -0.15) is 0 Å². The van der Waals surface area contributed by atoms with Gasteiger partial charge in [0, 0.05) is 12.3 Å². The van der Waals surface area contributed by atoms with Gasteiger partial charge < -0.3 is 9.53 Å². The summed E-state index contributed by atoms with van der Waals surface area (Å²) in [6.45, 7) is 8.24. The first-order valence-electron chi connectivity index (χ1n) is 9.60. The molecule has 2 rings (SSSR count). The van der Waals surface area contributed by atoms with Gasteiger partial charge in [0.05, 0.1) is 6.42 Å². The molecule has 0 aliphatic heterocycles. The van der Waals surface area contributed by atoms with E-state index < -0.39 is 0 Å². The van der Waals surface area contributed by atoms with Crippen molar-refractivity contribution in [1.29, 1.82) is 0 Å². The number of carbonyl (C=O) groups excluding carboxylic acids is 2. The van der Waals surface area contributed by atoms with Crippen molar-refractivity contribution in [3.63, 3.8) is 0 Å². The van der Waals surface area contributed by atoms with E-state index in [4.69, 9.17) is 4.74 Å². The number of Topliss-reactive ketones (excluding diaryl/α,β-unsaturated/α-hetero) is 1. The van der Waals surface area contributed by atoms with Crippen LogP contribution >= 0.6 is 0 Å². The molecule has 3 heteroatoms. The Kier molecular flexibility index (Phi) is 7.22. The Balaban J connectivity index is 2.03. The molecule has 4 atom stereocenters. The predicted octanol–water partition coefficient (Wildman–Crippen LogP) is 5.14. The standard InChI is InChI=1S/C22H32O3/c1-15(2)20-11-10-16(3)12-21(20)25-22(24)14-19(13-17(4)23)18-8-6-5-7-9-18/h5-9,15-16,19-21H,10-14H2,1-4H3/t16-,19+,20+,21-/m1/s1. The van der Waals surface area contributed by atoms with Crippen LogP contribution in [0.4, 0.5) is 0 Å². The first-order chi connectivity index (χ1) is 11.9. The predicted molar refractivity (Wildman–Crippen MR) is 100 cm³/mol. The smallest absolute Gasteiger partial charge is 0.306 e. The zero-order chi connectivity index (χ0) is 18.4. The molecule has 1 saturated carbocycles. The quantitative estimate of drug-likeness (QED) is 0.643. The van der Waals surface area contributed by atoms with Gasteiger partial charge >= 0.3 is 5.97 Å². The third kappa shape index (κ3) is 5.98. The molecule has 25 heavy (non-hydrogen) atoms. The van der Waals surface area contributed by atoms with E-state index in [0.29, 0.717) is 24.2 Å². The minimum Gasteiger partial charge on any atom is -0.462 e. The summed E-state index contributed by atoms with van der Waals surface area (Å²) in [5, 5.41) is 0. The average molecular weight is 344 g/mol. The highest BCUT2D eigenvalue weighted by Crippen LogP contribution is 2.36. The Labute approximate surface area is 152 Å². The van der Waals surface area contributed by atoms with E-state index >= 15 is 0 Å². The summed E-state index contributed by atoms with van der Waals surface area (Å²) in [5.41, 5.74) is 1.03. The molecule has 1 aliphatic carbocycles. The lowest BCUT2D eigenvalue weighted by atomic mass is 9.75. The van der Waals surface area contributed by atoms with Gasteiger partial charge in [-0.25, -0.2) is 0 Å². The number of esters is 1. The lowest BCUT2D eigenvalue weighted by Gasteiger charge is -2.37. The van der Waals surface area contributed by atoms with E-state index in [1.54, 1.807) is 6.92 Å². The molecule has 1 aromatic carbocycles. The lowest BCUT2D eigenvalue weighted by molar-refractivity contribution is -0.156. The van der Waals surface area contributed by atoms with Crippen molar-refractivity contribution < 1.29 is 14.3 Å². The van der Waals surface area contributed by atoms with Crippen molar-refractivity contribution in [2.75, 3.05) is 0 Å². The number of benzene rings is 1. The Bertz CT molecular complexity index is 564. The molecule has 1 fully saturated rings. The monoisotopic (exact) mass is 344 g/mol. The van der Waals surface area contributed by atoms with Gasteiger partial charge in [-0.1, -0.05) is 57.5 Å². The fourth-order valence-electron chi connectivity index (χ4n) is 4.05. The number of hydrogen-bond donors (Lipinski definition) is 0. The Morgan fingerprint density at radius 2 is 1.80 bits per heavy atom. The highest BCUT2D eigenvalue weighted by atomic mass is 16.5. The van der Waals surface area contributed by atoms with Crippen LogP contribution in [0, 0.1) is 17.8 Å². The molecule has 0 unspecified atom stereocenters. The van der Waals surface area contributed by atoms with Crippen LogP contribution in [0.25, 0.3) is 0 Å². The largest absolute Gasteiger partial charge is 0.462 e. The third-order valence-corrected chi connectivity index (χ3v) is 5.46. The van der Waals surface area contributed by atoms with Crippen LogP contribution in [-0.4, -0.2) is 17.9 Å². The van der Waals surface area contributed by atoms with E-state index in [-0.39, 0.29) is 30.2 Å². The normalized spacial score (nSPS) is 24.8. The molecular formula is C22H32O3. The van der Waals surface area contributed by atoms with Gasteiger partial charge in [0.15, 0.2) is 0 Å². The summed E-state index contributed by atoms with van der Waals surface area (Å²) in [6, 6.07) is 9.82. The summed E-state index contributed by atoms with van der Waals surface area (Å²) in [5.74, 6) is 1.42. The lowest BCUT2D eigenvalue weighted by Crippen LogP contribution is -2.36. The van der Waals surface area contributed by atoms with E-state index in [0.717, 1.165) is 18.4 Å². The maximum absolute atomic E-state index is 12.6. The van der Waals surface area contributed by atoms with Crippen LogP contribution < -0.4 is 0 Å². The topological polar surface area (TPSA) is 43.4 Å². The van der Waals surface area contributed by atoms with Gasteiger partial charge in [-0.3, -0.25) is 4.79 Å². The molecule has 0 heterocycles. The summed E-state index contributed by atoms with van der Waals surface area (Å²) in [4.78, 5) is 24.2. The van der Waals surface area contributed by atoms with E-state index in [9.17, 15) is 9.59 Å². The molecule has 0 saturated heterocycles. The van der Waals surface area contributed by atoms with Crippen molar-refractivity contribution in [3.05, 3.63) is 35.9 Å². The van der Waals surface area contributed by atoms with Crippen LogP contribution in [0.2, 0.25) is 0 Å². The van der Waals surface area contributed by atoms with Gasteiger partial charge in [-0.05, 0) is 43.1 Å². The molecule has 0 spiro atoms. The number of ether oxygens (including phenoxy) is 1. The second kappa shape index (κ2) is 9.17. The van der Waals surface area contributed by atoms with Gasteiger partial charge in [0.2, 0.25) is 0 Å². The number of ketones is 1. The summed E-state index contributed by atoms with van der Waals surface area (Å²) in [7, 11) is 0. The molecule has 0 aromatic heterocycles. The van der Waals surface area contributed by atoms with E-state index in [1.165, 1.54) is 6.42 Å². The molecule has 0 N–H and O–H groups in total. The van der Waals surface area contributed by atoms with Gasteiger partial charge in [-0.15, -0.1) is 0 Å². The van der Waals surface area contributed by atoms with E-state index in [2.05, 4.69) is 20.8 Å². The van der Waals surface area contributed by atoms with Crippen LogP contribution in [0.15, 0.2) is 30.3 Å². The van der Waals surface area contributed by atoms with Crippen LogP contribution in [0.5, 0.6) is 0 Å². The minimum absolute atomic E-state index is 0.0185. The molecule has 0 radical (unpaired) electrons. The number of carbonyl (C=O) groups is 2. The van der Waals surface area contributed by atoms with Crippen molar-refractivity contribution in [2.24, 2.45) is 17.8 Å². The molecule has 1 aliphatic rings. The van der Waals surface area contributed by atoms with Crippen LogP contribution in [-0.2, 0) is 14.3 Å². The average Bonchev–Trinajstić information content (AvgIpc) is 2.54. The van der Waals surface area contributed by atoms with Crippen LogP contribution in [0.3, 0.4) is 0 Å². The Morgan fingerprint density at radius 1 is 1.12 bits per heavy atom. The Morgan fingerprint density at radius 3 is 2.40 bits per heavy atom. The minimum atomic E-state index is -0.167. The number of hydrogen-bond acceptors (Lipinski definition) is 3. The summed E-state index contributed by atoms with van der Waals surface area (Å²) in [6.07, 6.45) is 3.98. The highest BCUT2D eigenvalue weighted by Gasteiger charge is 2.33. The van der Waals surface area contributed by atoms with Crippen molar-refractivity contribution in [3.8, 4) is 0 Å². The van der Waals surface area contributed by atoms with E-state index in [1.807, 2.05) is 30.3 Å². The molecule has 138 valence electrons. The second-order valence-electron chi connectivity index (χ2n) is 8.07. The van der Waals surface area contributed by atoms with Crippen molar-refractivity contribution >= 4 is 11.8 Å². The summed E-state index contributed by atoms with van der Waals surface area (Å²) < 4.78 is 5.92. The van der Waals surface area contributed by atoms with Crippen LogP contribution in [0.1, 0.15) is 71.3 Å². The SMILES string of the molecule is CC(=O)C[C@@H](CC(=O)O[C@@H]1C[C@H](C)CC[C@H]1C(C)C)c1ccccc1. The molecule has 0 amide bonds. The molecule has 1 aromatic rings.